The third kappa shape index (κ3) is 1.91. The number of aryl methyl sites for hydroxylation is 1. The first-order chi connectivity index (χ1) is 9.36. The molecule has 0 aliphatic heterocycles. The van der Waals surface area contributed by atoms with Gasteiger partial charge in [0, 0.05) is 28.2 Å². The summed E-state index contributed by atoms with van der Waals surface area (Å²) in [6.07, 6.45) is -4.37. The summed E-state index contributed by atoms with van der Waals surface area (Å²) in [6, 6.07) is 5.21. The first kappa shape index (κ1) is 12.6. The molecule has 3 aromatic rings. The Balaban J connectivity index is 2.28. The van der Waals surface area contributed by atoms with Crippen LogP contribution in [0, 0.1) is 6.92 Å². The fourth-order valence-corrected chi connectivity index (χ4v) is 2.32. The van der Waals surface area contributed by atoms with Gasteiger partial charge in [-0.2, -0.15) is 18.3 Å². The lowest BCUT2D eigenvalue weighted by atomic mass is 10.1. The molecule has 0 saturated carbocycles. The number of nitrogens with zero attached hydrogens (tertiary/aromatic N) is 1. The number of alkyl halides is 3. The first-order valence-electron chi connectivity index (χ1n) is 5.87. The van der Waals surface area contributed by atoms with Gasteiger partial charge < -0.3 is 10.7 Å². The van der Waals surface area contributed by atoms with Gasteiger partial charge in [0.25, 0.3) is 0 Å². The van der Waals surface area contributed by atoms with Crippen molar-refractivity contribution in [2.24, 2.45) is 0 Å². The Labute approximate surface area is 111 Å². The summed E-state index contributed by atoms with van der Waals surface area (Å²) >= 11 is 0. The van der Waals surface area contributed by atoms with Crippen LogP contribution >= 0.6 is 0 Å². The maximum absolute atomic E-state index is 12.8. The van der Waals surface area contributed by atoms with Gasteiger partial charge >= 0.3 is 6.18 Å². The predicted octanol–water partition coefficient (Wildman–Crippen LogP) is 3.47. The Hall–Kier alpha value is -2.44. The Morgan fingerprint density at radius 3 is 2.55 bits per heavy atom. The van der Waals surface area contributed by atoms with E-state index in [4.69, 9.17) is 5.73 Å². The molecule has 0 unspecified atom stereocenters. The highest BCUT2D eigenvalue weighted by atomic mass is 19.4. The Bertz CT molecular complexity index is 783. The summed E-state index contributed by atoms with van der Waals surface area (Å²) in [7, 11) is 0. The van der Waals surface area contributed by atoms with E-state index in [2.05, 4.69) is 15.2 Å². The van der Waals surface area contributed by atoms with Crippen LogP contribution in [0.3, 0.4) is 0 Å². The molecule has 20 heavy (non-hydrogen) atoms. The standard InChI is InChI=1S/C13H11F3N4/c1-6-12(10-5-11(17)20-19-10)8-4-7(13(14,15)16)2-3-9(8)18-6/h2-5,18H,1H3,(H3,17,19,20). The van der Waals surface area contributed by atoms with Crippen molar-refractivity contribution in [3.05, 3.63) is 35.5 Å². The molecule has 0 radical (unpaired) electrons. The number of aromatic amines is 2. The number of nitrogens with one attached hydrogen (secondary N) is 2. The van der Waals surface area contributed by atoms with E-state index in [0.29, 0.717) is 28.0 Å². The molecule has 3 rings (SSSR count). The zero-order chi connectivity index (χ0) is 14.5. The maximum Gasteiger partial charge on any atom is 0.416 e. The van der Waals surface area contributed by atoms with Gasteiger partial charge in [0.2, 0.25) is 0 Å². The predicted molar refractivity (Wildman–Crippen MR) is 70.0 cm³/mol. The molecule has 0 amide bonds. The van der Waals surface area contributed by atoms with Crippen LogP contribution in [0.2, 0.25) is 0 Å². The summed E-state index contributed by atoms with van der Waals surface area (Å²) < 4.78 is 38.4. The SMILES string of the molecule is Cc1[nH]c2ccc(C(F)(F)F)cc2c1-c1cc(N)n[nH]1. The number of benzene rings is 1. The number of anilines is 1. The van der Waals surface area contributed by atoms with E-state index in [1.54, 1.807) is 13.0 Å². The van der Waals surface area contributed by atoms with E-state index in [1.807, 2.05) is 0 Å². The Morgan fingerprint density at radius 1 is 1.20 bits per heavy atom. The van der Waals surface area contributed by atoms with Crippen molar-refractivity contribution in [2.75, 3.05) is 5.73 Å². The molecule has 0 saturated heterocycles. The smallest absolute Gasteiger partial charge is 0.382 e. The van der Waals surface area contributed by atoms with Crippen molar-refractivity contribution in [1.29, 1.82) is 0 Å². The van der Waals surface area contributed by atoms with Gasteiger partial charge in [-0.25, -0.2) is 0 Å². The first-order valence-corrected chi connectivity index (χ1v) is 5.87. The summed E-state index contributed by atoms with van der Waals surface area (Å²) in [4.78, 5) is 3.06. The van der Waals surface area contributed by atoms with E-state index < -0.39 is 11.7 Å². The van der Waals surface area contributed by atoms with Gasteiger partial charge in [-0.1, -0.05) is 0 Å². The number of halogens is 3. The number of nitrogens with two attached hydrogens (primary N) is 1. The molecule has 0 atom stereocenters. The molecule has 4 N–H and O–H groups in total. The highest BCUT2D eigenvalue weighted by Gasteiger charge is 2.31. The second-order valence-electron chi connectivity index (χ2n) is 4.59. The van der Waals surface area contributed by atoms with Crippen molar-refractivity contribution in [3.8, 4) is 11.3 Å². The lowest BCUT2D eigenvalue weighted by Gasteiger charge is -2.06. The van der Waals surface area contributed by atoms with Gasteiger partial charge in [0.15, 0.2) is 0 Å². The average Bonchev–Trinajstić information content (AvgIpc) is 2.89. The highest BCUT2D eigenvalue weighted by Crippen LogP contribution is 2.36. The zero-order valence-corrected chi connectivity index (χ0v) is 10.5. The van der Waals surface area contributed by atoms with Crippen LogP contribution in [0.5, 0.6) is 0 Å². The molecule has 104 valence electrons. The monoisotopic (exact) mass is 280 g/mol. The van der Waals surface area contributed by atoms with Crippen molar-refractivity contribution in [3.63, 3.8) is 0 Å². The number of hydrogen-bond acceptors (Lipinski definition) is 2. The molecule has 0 bridgehead atoms. The van der Waals surface area contributed by atoms with Gasteiger partial charge in [0.1, 0.15) is 5.82 Å². The molecule has 0 spiro atoms. The number of hydrogen-bond donors (Lipinski definition) is 3. The Morgan fingerprint density at radius 2 is 1.95 bits per heavy atom. The van der Waals surface area contributed by atoms with E-state index in [0.717, 1.165) is 17.8 Å². The average molecular weight is 280 g/mol. The van der Waals surface area contributed by atoms with Crippen LogP contribution in [-0.2, 0) is 6.18 Å². The second-order valence-corrected chi connectivity index (χ2v) is 4.59. The number of nitrogen functional groups attached to an aromatic ring is 1. The molecule has 2 aromatic heterocycles. The van der Waals surface area contributed by atoms with Crippen LogP contribution in [0.25, 0.3) is 22.2 Å². The van der Waals surface area contributed by atoms with Crippen LogP contribution in [-0.4, -0.2) is 15.2 Å². The normalized spacial score (nSPS) is 12.2. The van der Waals surface area contributed by atoms with Crippen molar-refractivity contribution in [2.45, 2.75) is 13.1 Å². The maximum atomic E-state index is 12.8. The molecular weight excluding hydrogens is 269 g/mol. The zero-order valence-electron chi connectivity index (χ0n) is 10.5. The van der Waals surface area contributed by atoms with Crippen LogP contribution in [0.4, 0.5) is 19.0 Å². The van der Waals surface area contributed by atoms with E-state index in [-0.39, 0.29) is 0 Å². The number of rotatable bonds is 1. The molecule has 1 aromatic carbocycles. The largest absolute Gasteiger partial charge is 0.416 e. The van der Waals surface area contributed by atoms with Crippen molar-refractivity contribution in [1.82, 2.24) is 15.2 Å². The fraction of sp³-hybridized carbons (Fsp3) is 0.154. The van der Waals surface area contributed by atoms with E-state index >= 15 is 0 Å². The van der Waals surface area contributed by atoms with E-state index in [1.165, 1.54) is 6.07 Å². The van der Waals surface area contributed by atoms with Gasteiger partial charge in [0.05, 0.1) is 11.3 Å². The van der Waals surface area contributed by atoms with Gasteiger partial charge in [-0.3, -0.25) is 5.10 Å². The van der Waals surface area contributed by atoms with Crippen LogP contribution < -0.4 is 5.73 Å². The summed E-state index contributed by atoms with van der Waals surface area (Å²) in [5.41, 5.74) is 7.49. The minimum atomic E-state index is -4.37. The number of aromatic nitrogens is 3. The molecule has 2 heterocycles. The minimum absolute atomic E-state index is 0.292. The van der Waals surface area contributed by atoms with Crippen LogP contribution in [0.15, 0.2) is 24.3 Å². The van der Waals surface area contributed by atoms with Crippen molar-refractivity contribution >= 4 is 16.7 Å². The third-order valence-corrected chi connectivity index (χ3v) is 3.18. The second kappa shape index (κ2) is 4.03. The van der Waals surface area contributed by atoms with Crippen LogP contribution in [0.1, 0.15) is 11.3 Å². The summed E-state index contributed by atoms with van der Waals surface area (Å²) in [5.74, 6) is 0.292. The summed E-state index contributed by atoms with van der Waals surface area (Å²) in [5, 5.41) is 7.02. The molecule has 0 aliphatic carbocycles. The molecular formula is C13H11F3N4. The fourth-order valence-electron chi connectivity index (χ4n) is 2.32. The molecule has 4 nitrogen and oxygen atoms in total. The molecule has 0 aliphatic rings. The van der Waals surface area contributed by atoms with Gasteiger partial charge in [-0.05, 0) is 25.1 Å². The highest BCUT2D eigenvalue weighted by molar-refractivity contribution is 5.97. The number of fused-ring (bicyclic) bond motifs is 1. The molecule has 0 fully saturated rings. The lowest BCUT2D eigenvalue weighted by Crippen LogP contribution is -2.04. The minimum Gasteiger partial charge on any atom is -0.382 e. The van der Waals surface area contributed by atoms with E-state index in [9.17, 15) is 13.2 Å². The quantitative estimate of drug-likeness (QED) is 0.638. The van der Waals surface area contributed by atoms with Gasteiger partial charge in [-0.15, -0.1) is 0 Å². The lowest BCUT2D eigenvalue weighted by molar-refractivity contribution is -0.137. The number of H-pyrrole nitrogens is 2. The topological polar surface area (TPSA) is 70.5 Å². The third-order valence-electron chi connectivity index (χ3n) is 3.18. The summed E-state index contributed by atoms with van der Waals surface area (Å²) in [6.45, 7) is 1.79. The molecule has 7 heteroatoms. The Kier molecular flexibility index (Phi) is 2.53. The van der Waals surface area contributed by atoms with Crippen molar-refractivity contribution < 1.29 is 13.2 Å².